The Bertz CT molecular complexity index is 1180. The number of alkyl carbamates (subject to hydrolysis) is 1. The SMILES string of the molecule is Cc1ncc(-c2ccc(S(=O)(=O)C(C)C)cc2)nc1C(=N)OC(=N)CCNC(=O)OC(C)(C)C.[HH]. The van der Waals surface area contributed by atoms with Gasteiger partial charge in [-0.3, -0.25) is 15.8 Å². The number of aryl methyl sites for hydroxylation is 1. The highest BCUT2D eigenvalue weighted by atomic mass is 32.2. The smallest absolute Gasteiger partial charge is 0.407 e. The van der Waals surface area contributed by atoms with Crippen molar-refractivity contribution in [2.45, 2.75) is 63.7 Å². The zero-order chi connectivity index (χ0) is 25.7. The van der Waals surface area contributed by atoms with E-state index >= 15 is 0 Å². The Balaban J connectivity index is 0.00000612. The molecule has 0 saturated carbocycles. The summed E-state index contributed by atoms with van der Waals surface area (Å²) in [6.07, 6.45) is 0.977. The molecule has 1 amide bonds. The second-order valence-corrected chi connectivity index (χ2v) is 11.3. The van der Waals surface area contributed by atoms with Crippen LogP contribution < -0.4 is 5.32 Å². The highest BCUT2D eigenvalue weighted by Crippen LogP contribution is 2.22. The van der Waals surface area contributed by atoms with Gasteiger partial charge >= 0.3 is 6.09 Å². The Kier molecular flexibility index (Phi) is 8.49. The molecule has 34 heavy (non-hydrogen) atoms. The minimum absolute atomic E-state index is 0. The van der Waals surface area contributed by atoms with Crippen LogP contribution in [0.25, 0.3) is 11.3 Å². The molecule has 1 heterocycles. The zero-order valence-electron chi connectivity index (χ0n) is 20.2. The molecule has 0 fully saturated rings. The Morgan fingerprint density at radius 1 is 1.18 bits per heavy atom. The molecule has 0 aliphatic rings. The van der Waals surface area contributed by atoms with Gasteiger partial charge in [0.05, 0.1) is 27.7 Å². The normalized spacial score (nSPS) is 11.7. The van der Waals surface area contributed by atoms with Crippen molar-refractivity contribution in [2.24, 2.45) is 0 Å². The summed E-state index contributed by atoms with van der Waals surface area (Å²) in [6, 6.07) is 6.29. The minimum atomic E-state index is -3.39. The molecule has 0 aliphatic heterocycles. The minimum Gasteiger partial charge on any atom is -0.444 e. The summed E-state index contributed by atoms with van der Waals surface area (Å²) in [6.45, 7) is 10.3. The van der Waals surface area contributed by atoms with Gasteiger partial charge in [0, 0.05) is 20.0 Å². The summed E-state index contributed by atoms with van der Waals surface area (Å²) in [5.41, 5.74) is 1.02. The largest absolute Gasteiger partial charge is 0.444 e. The van der Waals surface area contributed by atoms with Crippen LogP contribution in [0, 0.1) is 17.7 Å². The second-order valence-electron chi connectivity index (χ2n) is 8.84. The van der Waals surface area contributed by atoms with E-state index in [4.69, 9.17) is 20.3 Å². The molecule has 186 valence electrons. The first kappa shape index (κ1) is 26.9. The van der Waals surface area contributed by atoms with E-state index in [9.17, 15) is 13.2 Å². The Labute approximate surface area is 201 Å². The predicted octanol–water partition coefficient (Wildman–Crippen LogP) is 4.11. The van der Waals surface area contributed by atoms with Crippen molar-refractivity contribution in [3.05, 3.63) is 41.9 Å². The zero-order valence-corrected chi connectivity index (χ0v) is 21.0. The van der Waals surface area contributed by atoms with Crippen LogP contribution in [-0.4, -0.2) is 53.7 Å². The second kappa shape index (κ2) is 10.7. The lowest BCUT2D eigenvalue weighted by Gasteiger charge is -2.19. The lowest BCUT2D eigenvalue weighted by Crippen LogP contribution is -2.33. The molecular weight excluding hydrogens is 458 g/mol. The monoisotopic (exact) mass is 491 g/mol. The summed E-state index contributed by atoms with van der Waals surface area (Å²) in [4.78, 5) is 20.6. The van der Waals surface area contributed by atoms with Crippen molar-refractivity contribution in [2.75, 3.05) is 6.54 Å². The lowest BCUT2D eigenvalue weighted by atomic mass is 10.1. The van der Waals surface area contributed by atoms with E-state index in [0.29, 0.717) is 17.0 Å². The maximum Gasteiger partial charge on any atom is 0.407 e. The molecule has 0 aliphatic carbocycles. The van der Waals surface area contributed by atoms with Crippen molar-refractivity contribution >= 4 is 27.7 Å². The molecule has 0 radical (unpaired) electrons. The molecule has 3 N–H and O–H groups in total. The molecular formula is C23H33N5O5S. The number of rotatable bonds is 7. The van der Waals surface area contributed by atoms with Crippen LogP contribution >= 0.6 is 0 Å². The van der Waals surface area contributed by atoms with E-state index < -0.39 is 26.8 Å². The summed E-state index contributed by atoms with van der Waals surface area (Å²) < 4.78 is 35.0. The molecule has 11 heteroatoms. The summed E-state index contributed by atoms with van der Waals surface area (Å²) in [5, 5.41) is 18.1. The number of benzene rings is 1. The van der Waals surface area contributed by atoms with Crippen molar-refractivity contribution in [3.63, 3.8) is 0 Å². The average Bonchev–Trinajstić information content (AvgIpc) is 2.72. The van der Waals surface area contributed by atoms with Crippen LogP contribution in [0.5, 0.6) is 0 Å². The first-order valence-electron chi connectivity index (χ1n) is 10.7. The van der Waals surface area contributed by atoms with E-state index in [0.717, 1.165) is 0 Å². The molecule has 1 aromatic carbocycles. The van der Waals surface area contributed by atoms with Crippen molar-refractivity contribution in [3.8, 4) is 11.3 Å². The first-order valence-corrected chi connectivity index (χ1v) is 12.2. The number of sulfone groups is 1. The number of hydrogen-bond donors (Lipinski definition) is 3. The van der Waals surface area contributed by atoms with Crippen LogP contribution in [0.3, 0.4) is 0 Å². The van der Waals surface area contributed by atoms with Gasteiger partial charge in [0.1, 0.15) is 11.3 Å². The van der Waals surface area contributed by atoms with Crippen LogP contribution in [0.1, 0.15) is 53.9 Å². The number of carbonyl (C=O) groups excluding carboxylic acids is 1. The Hall–Kier alpha value is -3.34. The molecule has 0 spiro atoms. The number of nitrogens with zero attached hydrogens (tertiary/aromatic N) is 2. The molecule has 0 saturated heterocycles. The van der Waals surface area contributed by atoms with Gasteiger partial charge in [0.15, 0.2) is 15.7 Å². The number of ether oxygens (including phenoxy) is 2. The van der Waals surface area contributed by atoms with Gasteiger partial charge in [-0.25, -0.2) is 18.2 Å². The van der Waals surface area contributed by atoms with E-state index in [2.05, 4.69) is 15.3 Å². The predicted molar refractivity (Wildman–Crippen MR) is 131 cm³/mol. The van der Waals surface area contributed by atoms with Gasteiger partial charge in [-0.15, -0.1) is 0 Å². The highest BCUT2D eigenvalue weighted by molar-refractivity contribution is 7.92. The fourth-order valence-corrected chi connectivity index (χ4v) is 3.77. The Morgan fingerprint density at radius 2 is 1.79 bits per heavy atom. The maximum absolute atomic E-state index is 12.3. The van der Waals surface area contributed by atoms with Gasteiger partial charge in [-0.2, -0.15) is 0 Å². The van der Waals surface area contributed by atoms with Crippen molar-refractivity contribution < 1.29 is 24.1 Å². The standard InChI is InChI=1S/C23H31N5O5S.H2/c1-14(2)34(30,31)17-9-7-16(8-10-17)18-13-27-15(3)20(28-18)21(25)32-19(24)11-12-26-22(29)33-23(4,5)6;/h7-10,13-14,24-25H,11-12H2,1-6H3,(H,26,29);1H. The molecule has 10 nitrogen and oxygen atoms in total. The van der Waals surface area contributed by atoms with Gasteiger partial charge in [0.25, 0.3) is 0 Å². The third kappa shape index (κ3) is 7.34. The quantitative estimate of drug-likeness (QED) is 0.389. The topological polar surface area (TPSA) is 155 Å². The first-order chi connectivity index (χ1) is 15.7. The van der Waals surface area contributed by atoms with Gasteiger partial charge in [0.2, 0.25) is 5.90 Å². The van der Waals surface area contributed by atoms with Gasteiger partial charge in [-0.05, 0) is 53.7 Å². The Morgan fingerprint density at radius 3 is 2.35 bits per heavy atom. The third-order valence-electron chi connectivity index (χ3n) is 4.52. The summed E-state index contributed by atoms with van der Waals surface area (Å²) >= 11 is 0. The maximum atomic E-state index is 12.3. The lowest BCUT2D eigenvalue weighted by molar-refractivity contribution is 0.0529. The van der Waals surface area contributed by atoms with Crippen LogP contribution in [0.2, 0.25) is 0 Å². The molecule has 0 atom stereocenters. The number of hydrogen-bond acceptors (Lipinski definition) is 9. The third-order valence-corrected chi connectivity index (χ3v) is 6.69. The van der Waals surface area contributed by atoms with E-state index in [1.165, 1.54) is 18.3 Å². The highest BCUT2D eigenvalue weighted by Gasteiger charge is 2.20. The number of aromatic nitrogens is 2. The summed E-state index contributed by atoms with van der Waals surface area (Å²) in [5.74, 6) is -0.580. The van der Waals surface area contributed by atoms with Crippen LogP contribution in [0.4, 0.5) is 4.79 Å². The van der Waals surface area contributed by atoms with Crippen LogP contribution in [-0.2, 0) is 19.3 Å². The van der Waals surface area contributed by atoms with Crippen LogP contribution in [0.15, 0.2) is 35.4 Å². The fraction of sp³-hybridized carbons (Fsp3) is 0.435. The number of nitrogens with one attached hydrogen (secondary N) is 3. The molecule has 2 rings (SSSR count). The van der Waals surface area contributed by atoms with Crippen molar-refractivity contribution in [1.82, 2.24) is 15.3 Å². The van der Waals surface area contributed by atoms with Crippen molar-refractivity contribution in [1.29, 1.82) is 10.8 Å². The van der Waals surface area contributed by atoms with E-state index in [1.807, 2.05) is 0 Å². The van der Waals surface area contributed by atoms with Gasteiger partial charge in [-0.1, -0.05) is 12.1 Å². The van der Waals surface area contributed by atoms with Gasteiger partial charge < -0.3 is 14.8 Å². The number of amides is 1. The fourth-order valence-electron chi connectivity index (χ4n) is 2.71. The molecule has 0 bridgehead atoms. The summed E-state index contributed by atoms with van der Waals surface area (Å²) in [7, 11) is -3.39. The molecule has 2 aromatic rings. The van der Waals surface area contributed by atoms with E-state index in [-0.39, 0.29) is 36.8 Å². The molecule has 1 aromatic heterocycles. The number of carbonyl (C=O) groups is 1. The van der Waals surface area contributed by atoms with E-state index in [1.54, 1.807) is 53.7 Å². The average molecular weight is 492 g/mol. The molecule has 0 unspecified atom stereocenters.